The maximum atomic E-state index is 14.5. The van der Waals surface area contributed by atoms with Crippen molar-refractivity contribution in [2.45, 2.75) is 44.2 Å². The molecule has 0 radical (unpaired) electrons. The highest BCUT2D eigenvalue weighted by molar-refractivity contribution is 6.06. The van der Waals surface area contributed by atoms with Gasteiger partial charge in [-0.2, -0.15) is 5.10 Å². The minimum atomic E-state index is -1.34. The van der Waals surface area contributed by atoms with Gasteiger partial charge >= 0.3 is 6.09 Å². The first-order valence-corrected chi connectivity index (χ1v) is 6.89. The minimum absolute atomic E-state index is 0.00782. The molecule has 2 aliphatic rings. The molecule has 0 unspecified atom stereocenters. The Morgan fingerprint density at radius 2 is 2.10 bits per heavy atom. The first-order valence-electron chi connectivity index (χ1n) is 6.89. The van der Waals surface area contributed by atoms with Gasteiger partial charge in [-0.25, -0.2) is 14.2 Å². The van der Waals surface area contributed by atoms with Gasteiger partial charge in [0.2, 0.25) is 5.91 Å². The Balaban J connectivity index is 1.96. The number of hydrazone groups is 1. The molecule has 0 spiro atoms. The number of amides is 2. The van der Waals surface area contributed by atoms with Crippen LogP contribution in [-0.2, 0) is 4.79 Å². The third-order valence-electron chi connectivity index (χ3n) is 3.83. The van der Waals surface area contributed by atoms with Gasteiger partial charge in [-0.15, -0.1) is 0 Å². The Kier molecular flexibility index (Phi) is 4.25. The molecule has 1 heterocycles. The molecule has 1 fully saturated rings. The molecule has 112 valence electrons. The summed E-state index contributed by atoms with van der Waals surface area (Å²) >= 11 is 0. The van der Waals surface area contributed by atoms with Crippen molar-refractivity contribution >= 4 is 17.7 Å². The van der Waals surface area contributed by atoms with Crippen LogP contribution >= 0.6 is 0 Å². The number of carbonyl (C=O) groups is 2. The number of alkyl halides is 1. The zero-order chi connectivity index (χ0) is 14.8. The SMILES string of the molecule is CN(CC1=NN(CC2(F)CCCCC2)C(=O)C1)C(=O)O. The van der Waals surface area contributed by atoms with Crippen molar-refractivity contribution in [3.8, 4) is 0 Å². The number of carbonyl (C=O) groups excluding carboxylic acids is 1. The van der Waals surface area contributed by atoms with Gasteiger partial charge in [0.05, 0.1) is 25.2 Å². The van der Waals surface area contributed by atoms with Gasteiger partial charge in [0, 0.05) is 7.05 Å². The van der Waals surface area contributed by atoms with Crippen LogP contribution < -0.4 is 0 Å². The average molecular weight is 285 g/mol. The molecule has 20 heavy (non-hydrogen) atoms. The standard InChI is InChI=1S/C13H20FN3O3/c1-16(12(19)20)8-10-7-11(18)17(15-10)9-13(14)5-3-2-4-6-13/h2-9H2,1H3,(H,19,20). The summed E-state index contributed by atoms with van der Waals surface area (Å²) in [6.07, 6.45) is 2.67. The first-order chi connectivity index (χ1) is 9.39. The predicted octanol–water partition coefficient (Wildman–Crippen LogP) is 1.86. The summed E-state index contributed by atoms with van der Waals surface area (Å²) in [5.41, 5.74) is -0.870. The molecular formula is C13H20FN3O3. The van der Waals surface area contributed by atoms with Gasteiger partial charge in [0.15, 0.2) is 0 Å². The van der Waals surface area contributed by atoms with E-state index in [-0.39, 0.29) is 25.4 Å². The smallest absolute Gasteiger partial charge is 0.407 e. The van der Waals surface area contributed by atoms with Crippen LogP contribution in [0.4, 0.5) is 9.18 Å². The van der Waals surface area contributed by atoms with E-state index in [1.165, 1.54) is 12.1 Å². The fourth-order valence-corrected chi connectivity index (χ4v) is 2.69. The largest absolute Gasteiger partial charge is 0.465 e. The molecule has 1 N–H and O–H groups in total. The van der Waals surface area contributed by atoms with E-state index in [2.05, 4.69) is 5.10 Å². The topological polar surface area (TPSA) is 73.2 Å². The van der Waals surface area contributed by atoms with Crippen LogP contribution in [0.15, 0.2) is 5.10 Å². The van der Waals surface area contributed by atoms with Crippen molar-refractivity contribution in [3.63, 3.8) is 0 Å². The van der Waals surface area contributed by atoms with Crippen molar-refractivity contribution < 1.29 is 19.1 Å². The summed E-state index contributed by atoms with van der Waals surface area (Å²) in [6, 6.07) is 0. The summed E-state index contributed by atoms with van der Waals surface area (Å²) in [7, 11) is 1.41. The molecule has 1 aliphatic carbocycles. The molecule has 0 aromatic carbocycles. The highest BCUT2D eigenvalue weighted by Crippen LogP contribution is 2.33. The Bertz CT molecular complexity index is 433. The number of rotatable bonds is 4. The Hall–Kier alpha value is -1.66. The second kappa shape index (κ2) is 5.76. The number of nitrogens with zero attached hydrogens (tertiary/aromatic N) is 3. The Morgan fingerprint density at radius 1 is 1.45 bits per heavy atom. The molecule has 0 aromatic rings. The van der Waals surface area contributed by atoms with E-state index in [4.69, 9.17) is 5.11 Å². The number of hydrogen-bond donors (Lipinski definition) is 1. The number of hydrogen-bond acceptors (Lipinski definition) is 3. The number of carboxylic acid groups (broad SMARTS) is 1. The lowest BCUT2D eigenvalue weighted by Crippen LogP contribution is -2.40. The van der Waals surface area contributed by atoms with Gasteiger partial charge in [-0.3, -0.25) is 4.79 Å². The van der Waals surface area contributed by atoms with E-state index < -0.39 is 11.8 Å². The quantitative estimate of drug-likeness (QED) is 0.856. The van der Waals surface area contributed by atoms with Crippen LogP contribution in [0.5, 0.6) is 0 Å². The second-order valence-electron chi connectivity index (χ2n) is 5.64. The minimum Gasteiger partial charge on any atom is -0.465 e. The molecule has 0 aromatic heterocycles. The lowest BCUT2D eigenvalue weighted by atomic mass is 9.86. The van der Waals surface area contributed by atoms with E-state index in [1.807, 2.05) is 0 Å². The fourth-order valence-electron chi connectivity index (χ4n) is 2.69. The highest BCUT2D eigenvalue weighted by Gasteiger charge is 2.37. The highest BCUT2D eigenvalue weighted by atomic mass is 19.1. The average Bonchev–Trinajstić information content (AvgIpc) is 2.69. The lowest BCUT2D eigenvalue weighted by Gasteiger charge is -2.31. The lowest BCUT2D eigenvalue weighted by molar-refractivity contribution is -0.131. The van der Waals surface area contributed by atoms with Gasteiger partial charge in [0.1, 0.15) is 5.67 Å². The third-order valence-corrected chi connectivity index (χ3v) is 3.83. The normalized spacial score (nSPS) is 21.8. The second-order valence-corrected chi connectivity index (χ2v) is 5.64. The van der Waals surface area contributed by atoms with Crippen molar-refractivity contribution in [2.24, 2.45) is 5.10 Å². The molecule has 6 nitrogen and oxygen atoms in total. The Morgan fingerprint density at radius 3 is 2.70 bits per heavy atom. The number of halogens is 1. The molecule has 0 atom stereocenters. The van der Waals surface area contributed by atoms with Crippen LogP contribution in [0.1, 0.15) is 38.5 Å². The van der Waals surface area contributed by atoms with Crippen LogP contribution in [0.2, 0.25) is 0 Å². The van der Waals surface area contributed by atoms with Crippen LogP contribution in [0, 0.1) is 0 Å². The Labute approximate surface area is 117 Å². The predicted molar refractivity (Wildman–Crippen MR) is 71.3 cm³/mol. The van der Waals surface area contributed by atoms with Crippen LogP contribution in [-0.4, -0.2) is 58.5 Å². The zero-order valence-corrected chi connectivity index (χ0v) is 11.6. The van der Waals surface area contributed by atoms with Gasteiger partial charge < -0.3 is 10.0 Å². The zero-order valence-electron chi connectivity index (χ0n) is 11.6. The maximum absolute atomic E-state index is 14.5. The molecule has 1 aliphatic heterocycles. The van der Waals surface area contributed by atoms with E-state index >= 15 is 0 Å². The first kappa shape index (κ1) is 14.7. The van der Waals surface area contributed by atoms with E-state index in [1.54, 1.807) is 0 Å². The molecule has 2 rings (SSSR count). The van der Waals surface area contributed by atoms with Crippen molar-refractivity contribution in [1.82, 2.24) is 9.91 Å². The van der Waals surface area contributed by atoms with Crippen molar-refractivity contribution in [1.29, 1.82) is 0 Å². The fraction of sp³-hybridized carbons (Fsp3) is 0.769. The molecule has 7 heteroatoms. The molecule has 1 saturated carbocycles. The summed E-state index contributed by atoms with van der Waals surface area (Å²) in [4.78, 5) is 23.6. The van der Waals surface area contributed by atoms with E-state index in [9.17, 15) is 14.0 Å². The van der Waals surface area contributed by atoms with Crippen LogP contribution in [0.25, 0.3) is 0 Å². The summed E-state index contributed by atoms with van der Waals surface area (Å²) in [5.74, 6) is -0.249. The molecule has 0 saturated heterocycles. The van der Waals surface area contributed by atoms with Gasteiger partial charge in [0.25, 0.3) is 0 Å². The third kappa shape index (κ3) is 3.46. The summed E-state index contributed by atoms with van der Waals surface area (Å²) in [5, 5.41) is 14.1. The maximum Gasteiger partial charge on any atom is 0.407 e. The molecular weight excluding hydrogens is 265 g/mol. The summed E-state index contributed by atoms with van der Waals surface area (Å²) in [6.45, 7) is 0.0724. The molecule has 2 amide bonds. The van der Waals surface area contributed by atoms with E-state index in [0.29, 0.717) is 18.6 Å². The summed E-state index contributed by atoms with van der Waals surface area (Å²) < 4.78 is 14.5. The molecule has 0 bridgehead atoms. The van der Waals surface area contributed by atoms with Crippen molar-refractivity contribution in [2.75, 3.05) is 20.1 Å². The van der Waals surface area contributed by atoms with Gasteiger partial charge in [-0.1, -0.05) is 19.3 Å². The van der Waals surface area contributed by atoms with E-state index in [0.717, 1.165) is 24.2 Å². The monoisotopic (exact) mass is 285 g/mol. The van der Waals surface area contributed by atoms with Crippen molar-refractivity contribution in [3.05, 3.63) is 0 Å². The van der Waals surface area contributed by atoms with Crippen LogP contribution in [0.3, 0.4) is 0 Å². The van der Waals surface area contributed by atoms with Gasteiger partial charge in [-0.05, 0) is 12.8 Å².